The van der Waals surface area contributed by atoms with E-state index in [-0.39, 0.29) is 18.3 Å². The minimum atomic E-state index is -0.318. The van der Waals surface area contributed by atoms with Gasteiger partial charge in [-0.1, -0.05) is 25.1 Å². The number of nitrogens with zero attached hydrogens (tertiary/aromatic N) is 1. The number of carbonyl (C=O) groups is 2. The standard InChI is InChI=1S/C19H16N2O3/c1-2-17(22)24-16-11-10-15(18-14(16)9-6-12-20-18)21-19(23)13-7-4-3-5-8-13/h3-12H,2H2,1H3,(H,21,23). The maximum absolute atomic E-state index is 12.3. The molecule has 5 heteroatoms. The molecule has 3 rings (SSSR count). The first-order chi connectivity index (χ1) is 11.7. The van der Waals surface area contributed by atoms with E-state index in [0.717, 1.165) is 0 Å². The minimum absolute atomic E-state index is 0.221. The van der Waals surface area contributed by atoms with Crippen LogP contribution < -0.4 is 10.1 Å². The zero-order chi connectivity index (χ0) is 16.9. The lowest BCUT2D eigenvalue weighted by atomic mass is 10.1. The van der Waals surface area contributed by atoms with Gasteiger partial charge in [0, 0.05) is 23.6 Å². The molecule has 0 aliphatic carbocycles. The molecule has 2 aromatic carbocycles. The van der Waals surface area contributed by atoms with Crippen LogP contribution in [0.1, 0.15) is 23.7 Å². The highest BCUT2D eigenvalue weighted by Crippen LogP contribution is 2.30. The van der Waals surface area contributed by atoms with Gasteiger partial charge in [0.1, 0.15) is 5.75 Å². The van der Waals surface area contributed by atoms with Gasteiger partial charge in [-0.15, -0.1) is 0 Å². The van der Waals surface area contributed by atoms with Crippen molar-refractivity contribution in [2.75, 3.05) is 5.32 Å². The third-order valence-corrected chi connectivity index (χ3v) is 3.53. The van der Waals surface area contributed by atoms with Crippen LogP contribution in [0.3, 0.4) is 0 Å². The van der Waals surface area contributed by atoms with E-state index in [9.17, 15) is 9.59 Å². The lowest BCUT2D eigenvalue weighted by Gasteiger charge is -2.11. The Kier molecular flexibility index (Phi) is 4.52. The highest BCUT2D eigenvalue weighted by atomic mass is 16.5. The number of anilines is 1. The minimum Gasteiger partial charge on any atom is -0.426 e. The Morgan fingerprint density at radius 2 is 1.83 bits per heavy atom. The fourth-order valence-corrected chi connectivity index (χ4v) is 2.32. The van der Waals surface area contributed by atoms with E-state index in [2.05, 4.69) is 10.3 Å². The van der Waals surface area contributed by atoms with Crippen LogP contribution in [0, 0.1) is 0 Å². The monoisotopic (exact) mass is 320 g/mol. The predicted octanol–water partition coefficient (Wildman–Crippen LogP) is 3.80. The second kappa shape index (κ2) is 6.91. The Morgan fingerprint density at radius 1 is 1.04 bits per heavy atom. The Morgan fingerprint density at radius 3 is 2.58 bits per heavy atom. The SMILES string of the molecule is CCC(=O)Oc1ccc(NC(=O)c2ccccc2)c2ncccc12. The maximum atomic E-state index is 12.3. The van der Waals surface area contributed by atoms with E-state index in [1.165, 1.54) is 0 Å². The van der Waals surface area contributed by atoms with Crippen LogP contribution in [-0.4, -0.2) is 16.9 Å². The van der Waals surface area contributed by atoms with Crippen LogP contribution >= 0.6 is 0 Å². The van der Waals surface area contributed by atoms with Crippen molar-refractivity contribution in [2.24, 2.45) is 0 Å². The Bertz CT molecular complexity index is 892. The molecular formula is C19H16N2O3. The zero-order valence-corrected chi connectivity index (χ0v) is 13.2. The Hall–Kier alpha value is -3.21. The van der Waals surface area contributed by atoms with Crippen LogP contribution in [0.4, 0.5) is 5.69 Å². The first kappa shape index (κ1) is 15.7. The van der Waals surface area contributed by atoms with Crippen LogP contribution in [0.2, 0.25) is 0 Å². The summed E-state index contributed by atoms with van der Waals surface area (Å²) in [6.07, 6.45) is 1.92. The maximum Gasteiger partial charge on any atom is 0.310 e. The number of rotatable bonds is 4. The summed E-state index contributed by atoms with van der Waals surface area (Å²) < 4.78 is 5.33. The molecule has 0 aliphatic heterocycles. The summed E-state index contributed by atoms with van der Waals surface area (Å²) in [5, 5.41) is 3.53. The average Bonchev–Trinajstić information content (AvgIpc) is 2.64. The summed E-state index contributed by atoms with van der Waals surface area (Å²) in [7, 11) is 0. The third kappa shape index (κ3) is 3.25. The van der Waals surface area contributed by atoms with E-state index in [4.69, 9.17) is 4.74 Å². The van der Waals surface area contributed by atoms with Crippen LogP contribution in [0.25, 0.3) is 10.9 Å². The molecule has 0 aliphatic rings. The number of esters is 1. The summed E-state index contributed by atoms with van der Waals surface area (Å²) in [6.45, 7) is 1.73. The molecule has 1 N–H and O–H groups in total. The fourth-order valence-electron chi connectivity index (χ4n) is 2.32. The van der Waals surface area contributed by atoms with Crippen LogP contribution in [0.5, 0.6) is 5.75 Å². The molecular weight excluding hydrogens is 304 g/mol. The van der Waals surface area contributed by atoms with Crippen molar-refractivity contribution in [3.05, 3.63) is 66.4 Å². The number of nitrogens with one attached hydrogen (secondary N) is 1. The van der Waals surface area contributed by atoms with E-state index in [1.54, 1.807) is 61.7 Å². The molecule has 0 saturated carbocycles. The molecule has 0 radical (unpaired) electrons. The fraction of sp³-hybridized carbons (Fsp3) is 0.105. The second-order valence-electron chi connectivity index (χ2n) is 5.16. The number of ether oxygens (including phenoxy) is 1. The van der Waals surface area contributed by atoms with Crippen molar-refractivity contribution in [2.45, 2.75) is 13.3 Å². The lowest BCUT2D eigenvalue weighted by Crippen LogP contribution is -2.12. The highest BCUT2D eigenvalue weighted by Gasteiger charge is 2.13. The summed E-state index contributed by atoms with van der Waals surface area (Å²) in [5.74, 6) is -0.107. The molecule has 0 saturated heterocycles. The summed E-state index contributed by atoms with van der Waals surface area (Å²) in [6, 6.07) is 15.9. The summed E-state index contributed by atoms with van der Waals surface area (Å²) in [4.78, 5) is 28.2. The van der Waals surface area contributed by atoms with E-state index < -0.39 is 0 Å². The molecule has 1 amide bonds. The molecule has 0 fully saturated rings. The first-order valence-electron chi connectivity index (χ1n) is 7.64. The average molecular weight is 320 g/mol. The molecule has 0 spiro atoms. The predicted molar refractivity (Wildman–Crippen MR) is 92.1 cm³/mol. The van der Waals surface area contributed by atoms with Crippen molar-refractivity contribution in [1.82, 2.24) is 4.98 Å². The van der Waals surface area contributed by atoms with Crippen molar-refractivity contribution in [3.63, 3.8) is 0 Å². The number of fused-ring (bicyclic) bond motifs is 1. The van der Waals surface area contributed by atoms with Crippen LogP contribution in [0.15, 0.2) is 60.8 Å². The van der Waals surface area contributed by atoms with Gasteiger partial charge in [-0.2, -0.15) is 0 Å². The number of aromatic nitrogens is 1. The van der Waals surface area contributed by atoms with Crippen molar-refractivity contribution < 1.29 is 14.3 Å². The highest BCUT2D eigenvalue weighted by molar-refractivity contribution is 6.09. The lowest BCUT2D eigenvalue weighted by molar-refractivity contribution is -0.133. The van der Waals surface area contributed by atoms with E-state index in [0.29, 0.717) is 27.9 Å². The quantitative estimate of drug-likeness (QED) is 0.586. The van der Waals surface area contributed by atoms with Gasteiger partial charge in [0.2, 0.25) is 0 Å². The number of benzene rings is 2. The van der Waals surface area contributed by atoms with Gasteiger partial charge >= 0.3 is 5.97 Å². The molecule has 1 heterocycles. The van der Waals surface area contributed by atoms with Gasteiger partial charge in [-0.25, -0.2) is 0 Å². The molecule has 0 bridgehead atoms. The number of carbonyl (C=O) groups excluding carboxylic acids is 2. The number of amides is 1. The third-order valence-electron chi connectivity index (χ3n) is 3.53. The van der Waals surface area contributed by atoms with Crippen molar-refractivity contribution in [3.8, 4) is 5.75 Å². The van der Waals surface area contributed by atoms with Gasteiger partial charge in [0.25, 0.3) is 5.91 Å². The van der Waals surface area contributed by atoms with Gasteiger partial charge in [-0.05, 0) is 36.4 Å². The second-order valence-corrected chi connectivity index (χ2v) is 5.16. The van der Waals surface area contributed by atoms with Gasteiger partial charge in [-0.3, -0.25) is 14.6 Å². The molecule has 1 aromatic heterocycles. The van der Waals surface area contributed by atoms with Gasteiger partial charge < -0.3 is 10.1 Å². The topological polar surface area (TPSA) is 68.3 Å². The van der Waals surface area contributed by atoms with E-state index in [1.807, 2.05) is 6.07 Å². The number of hydrogen-bond donors (Lipinski definition) is 1. The van der Waals surface area contributed by atoms with E-state index >= 15 is 0 Å². The van der Waals surface area contributed by atoms with Gasteiger partial charge in [0.15, 0.2) is 0 Å². The normalized spacial score (nSPS) is 10.4. The number of pyridine rings is 1. The molecule has 24 heavy (non-hydrogen) atoms. The zero-order valence-electron chi connectivity index (χ0n) is 13.2. The Labute approximate surface area is 139 Å². The molecule has 0 atom stereocenters. The summed E-state index contributed by atoms with van der Waals surface area (Å²) >= 11 is 0. The Balaban J connectivity index is 1.96. The molecule has 5 nitrogen and oxygen atoms in total. The van der Waals surface area contributed by atoms with Crippen molar-refractivity contribution in [1.29, 1.82) is 0 Å². The molecule has 3 aromatic rings. The summed E-state index contributed by atoms with van der Waals surface area (Å²) in [5.41, 5.74) is 1.70. The first-order valence-corrected chi connectivity index (χ1v) is 7.64. The van der Waals surface area contributed by atoms with Gasteiger partial charge in [0.05, 0.1) is 11.2 Å². The largest absolute Gasteiger partial charge is 0.426 e. The number of hydrogen-bond acceptors (Lipinski definition) is 4. The van der Waals surface area contributed by atoms with Crippen LogP contribution in [-0.2, 0) is 4.79 Å². The smallest absolute Gasteiger partial charge is 0.310 e. The molecule has 0 unspecified atom stereocenters. The molecule has 120 valence electrons. The van der Waals surface area contributed by atoms with Crippen molar-refractivity contribution >= 4 is 28.5 Å².